The van der Waals surface area contributed by atoms with E-state index in [9.17, 15) is 4.79 Å². The first-order chi connectivity index (χ1) is 7.07. The fraction of sp³-hybridized carbons (Fsp3) is 0.917. The Morgan fingerprint density at radius 3 is 2.40 bits per heavy atom. The predicted molar refractivity (Wildman–Crippen MR) is 60.6 cm³/mol. The highest BCUT2D eigenvalue weighted by molar-refractivity contribution is 5.76. The Labute approximate surface area is 92.2 Å². The van der Waals surface area contributed by atoms with Gasteiger partial charge in [-0.2, -0.15) is 0 Å². The highest BCUT2D eigenvalue weighted by Crippen LogP contribution is 2.30. The number of carbonyl (C=O) groups excluding carboxylic acids is 1. The molecule has 2 fully saturated rings. The van der Waals surface area contributed by atoms with Crippen LogP contribution in [0.3, 0.4) is 0 Å². The molecule has 86 valence electrons. The van der Waals surface area contributed by atoms with E-state index in [0.717, 1.165) is 45.4 Å². The lowest BCUT2D eigenvalue weighted by atomic mass is 9.82. The van der Waals surface area contributed by atoms with Crippen molar-refractivity contribution in [1.82, 2.24) is 10.2 Å². The summed E-state index contributed by atoms with van der Waals surface area (Å²) in [6.07, 6.45) is 3.07. The van der Waals surface area contributed by atoms with Crippen LogP contribution in [0, 0.1) is 11.3 Å². The minimum absolute atomic E-state index is 0.372. The molecule has 2 saturated heterocycles. The normalized spacial score (nSPS) is 26.1. The van der Waals surface area contributed by atoms with Gasteiger partial charge in [0.25, 0.3) is 0 Å². The summed E-state index contributed by atoms with van der Waals surface area (Å²) in [5, 5.41) is 3.21. The first kappa shape index (κ1) is 10.9. The van der Waals surface area contributed by atoms with Gasteiger partial charge in [-0.3, -0.25) is 4.79 Å². The lowest BCUT2D eigenvalue weighted by molar-refractivity contribution is -0.134. The molecule has 0 atom stereocenters. The van der Waals surface area contributed by atoms with E-state index in [1.54, 1.807) is 0 Å². The van der Waals surface area contributed by atoms with E-state index in [0.29, 0.717) is 17.2 Å². The maximum Gasteiger partial charge on any atom is 0.222 e. The second-order valence-electron chi connectivity index (χ2n) is 5.77. The monoisotopic (exact) mass is 210 g/mol. The fourth-order valence-electron chi connectivity index (χ4n) is 2.23. The molecule has 1 N–H and O–H groups in total. The number of hydrogen-bond donors (Lipinski definition) is 1. The van der Waals surface area contributed by atoms with Crippen molar-refractivity contribution in [3.63, 3.8) is 0 Å². The highest BCUT2D eigenvalue weighted by Gasteiger charge is 2.29. The predicted octanol–water partition coefficient (Wildman–Crippen LogP) is 1.24. The number of carbonyl (C=O) groups is 1. The summed E-state index contributed by atoms with van der Waals surface area (Å²) in [6.45, 7) is 8.59. The van der Waals surface area contributed by atoms with Crippen molar-refractivity contribution < 1.29 is 4.79 Å². The Balaban J connectivity index is 1.76. The Kier molecular flexibility index (Phi) is 3.01. The quantitative estimate of drug-likeness (QED) is 0.744. The van der Waals surface area contributed by atoms with E-state index in [-0.39, 0.29) is 0 Å². The van der Waals surface area contributed by atoms with Crippen LogP contribution in [-0.2, 0) is 4.79 Å². The lowest BCUT2D eigenvalue weighted by Gasteiger charge is -2.38. The number of likely N-dealkylation sites (tertiary alicyclic amines) is 1. The molecule has 0 spiro atoms. The molecule has 0 aliphatic carbocycles. The zero-order valence-electron chi connectivity index (χ0n) is 9.88. The first-order valence-corrected chi connectivity index (χ1v) is 6.05. The number of nitrogens with one attached hydrogen (secondary N) is 1. The summed E-state index contributed by atoms with van der Waals surface area (Å²) < 4.78 is 0. The number of nitrogens with zero attached hydrogens (tertiary/aromatic N) is 1. The van der Waals surface area contributed by atoms with E-state index in [1.807, 2.05) is 0 Å². The molecule has 0 aromatic carbocycles. The molecule has 1 amide bonds. The van der Waals surface area contributed by atoms with Gasteiger partial charge in [-0.25, -0.2) is 0 Å². The molecule has 0 radical (unpaired) electrons. The van der Waals surface area contributed by atoms with Gasteiger partial charge in [0.15, 0.2) is 0 Å². The summed E-state index contributed by atoms with van der Waals surface area (Å²) in [5.41, 5.74) is 0.439. The number of piperidine rings is 1. The van der Waals surface area contributed by atoms with Crippen LogP contribution in [-0.4, -0.2) is 37.0 Å². The van der Waals surface area contributed by atoms with E-state index in [1.165, 1.54) is 0 Å². The largest absolute Gasteiger partial charge is 0.343 e. The molecule has 3 nitrogen and oxygen atoms in total. The lowest BCUT2D eigenvalue weighted by Crippen LogP contribution is -2.47. The standard InChI is InChI=1S/C12H22N2O/c1-12(2)3-5-14(6-4-12)11(15)7-10-8-13-9-10/h10,13H,3-9H2,1-2H3. The van der Waals surface area contributed by atoms with E-state index >= 15 is 0 Å². The Morgan fingerprint density at radius 2 is 1.93 bits per heavy atom. The summed E-state index contributed by atoms with van der Waals surface area (Å²) in [6, 6.07) is 0. The summed E-state index contributed by atoms with van der Waals surface area (Å²) >= 11 is 0. The Hall–Kier alpha value is -0.570. The molecule has 2 rings (SSSR count). The summed E-state index contributed by atoms with van der Waals surface area (Å²) in [7, 11) is 0. The maximum atomic E-state index is 11.9. The van der Waals surface area contributed by atoms with Gasteiger partial charge < -0.3 is 10.2 Å². The number of hydrogen-bond acceptors (Lipinski definition) is 2. The van der Waals surface area contributed by atoms with Crippen molar-refractivity contribution >= 4 is 5.91 Å². The van der Waals surface area contributed by atoms with Crippen molar-refractivity contribution in [2.45, 2.75) is 33.1 Å². The highest BCUT2D eigenvalue weighted by atomic mass is 16.2. The van der Waals surface area contributed by atoms with Crippen LogP contribution >= 0.6 is 0 Å². The molecule has 0 aromatic heterocycles. The summed E-state index contributed by atoms with van der Waals surface area (Å²) in [4.78, 5) is 14.0. The van der Waals surface area contributed by atoms with Crippen LogP contribution in [0.15, 0.2) is 0 Å². The average Bonchev–Trinajstić information content (AvgIpc) is 2.11. The third-order valence-corrected chi connectivity index (χ3v) is 3.80. The van der Waals surface area contributed by atoms with Crippen LogP contribution in [0.4, 0.5) is 0 Å². The van der Waals surface area contributed by atoms with Gasteiger partial charge >= 0.3 is 0 Å². The summed E-state index contributed by atoms with van der Waals surface area (Å²) in [5.74, 6) is 0.976. The molecule has 0 unspecified atom stereocenters. The van der Waals surface area contributed by atoms with Gasteiger partial charge in [0.05, 0.1) is 0 Å². The minimum Gasteiger partial charge on any atom is -0.343 e. The molecule has 2 heterocycles. The zero-order chi connectivity index (χ0) is 10.9. The minimum atomic E-state index is 0.372. The number of amides is 1. The molecule has 2 aliphatic rings. The van der Waals surface area contributed by atoms with Crippen LogP contribution < -0.4 is 5.32 Å². The van der Waals surface area contributed by atoms with E-state index in [2.05, 4.69) is 24.1 Å². The molecule has 15 heavy (non-hydrogen) atoms. The topological polar surface area (TPSA) is 32.3 Å². The van der Waals surface area contributed by atoms with Crippen molar-refractivity contribution in [1.29, 1.82) is 0 Å². The zero-order valence-corrected chi connectivity index (χ0v) is 9.88. The van der Waals surface area contributed by atoms with Crippen molar-refractivity contribution in [3.8, 4) is 0 Å². The van der Waals surface area contributed by atoms with Gasteiger partial charge in [0.1, 0.15) is 0 Å². The molecule has 0 saturated carbocycles. The van der Waals surface area contributed by atoms with Gasteiger partial charge in [-0.1, -0.05) is 13.8 Å². The second kappa shape index (κ2) is 4.12. The molecule has 2 aliphatic heterocycles. The smallest absolute Gasteiger partial charge is 0.222 e. The average molecular weight is 210 g/mol. The SMILES string of the molecule is CC1(C)CCN(C(=O)CC2CNC2)CC1. The van der Waals surface area contributed by atoms with E-state index in [4.69, 9.17) is 0 Å². The van der Waals surface area contributed by atoms with E-state index < -0.39 is 0 Å². The second-order valence-corrected chi connectivity index (χ2v) is 5.77. The maximum absolute atomic E-state index is 11.9. The molecule has 0 aromatic rings. The van der Waals surface area contributed by atoms with Gasteiger partial charge in [-0.05, 0) is 37.3 Å². The van der Waals surface area contributed by atoms with Gasteiger partial charge in [-0.15, -0.1) is 0 Å². The van der Waals surface area contributed by atoms with Crippen molar-refractivity contribution in [2.75, 3.05) is 26.2 Å². The van der Waals surface area contributed by atoms with Gasteiger partial charge in [0, 0.05) is 19.5 Å². The molecule has 3 heteroatoms. The third kappa shape index (κ3) is 2.71. The molecule has 0 bridgehead atoms. The first-order valence-electron chi connectivity index (χ1n) is 6.05. The molecular weight excluding hydrogens is 188 g/mol. The van der Waals surface area contributed by atoms with Crippen LogP contribution in [0.5, 0.6) is 0 Å². The van der Waals surface area contributed by atoms with Crippen molar-refractivity contribution in [2.24, 2.45) is 11.3 Å². The number of rotatable bonds is 2. The van der Waals surface area contributed by atoms with Crippen LogP contribution in [0.2, 0.25) is 0 Å². The molecular formula is C12H22N2O. The van der Waals surface area contributed by atoms with Gasteiger partial charge in [0.2, 0.25) is 5.91 Å². The third-order valence-electron chi connectivity index (χ3n) is 3.80. The fourth-order valence-corrected chi connectivity index (χ4v) is 2.23. The Bertz CT molecular complexity index is 236. The van der Waals surface area contributed by atoms with Crippen LogP contribution in [0.25, 0.3) is 0 Å². The van der Waals surface area contributed by atoms with Crippen molar-refractivity contribution in [3.05, 3.63) is 0 Å². The van der Waals surface area contributed by atoms with Crippen LogP contribution in [0.1, 0.15) is 33.1 Å². The Morgan fingerprint density at radius 1 is 1.33 bits per heavy atom.